The average Bonchev–Trinajstić information content (AvgIpc) is 3.39. The summed E-state index contributed by atoms with van der Waals surface area (Å²) >= 11 is 0. The summed E-state index contributed by atoms with van der Waals surface area (Å²) in [5.74, 6) is 0.304. The molecule has 0 saturated carbocycles. The summed E-state index contributed by atoms with van der Waals surface area (Å²) in [5.41, 5.74) is 5.02. The number of aryl methyl sites for hydroxylation is 3. The lowest BCUT2D eigenvalue weighted by Gasteiger charge is -2.35. The number of hydrogen-bond acceptors (Lipinski definition) is 3. The molecule has 2 fully saturated rings. The van der Waals surface area contributed by atoms with E-state index in [0.717, 1.165) is 67.2 Å². The molecule has 2 aromatic rings. The van der Waals surface area contributed by atoms with E-state index in [-0.39, 0.29) is 11.8 Å². The number of benzene rings is 1. The van der Waals surface area contributed by atoms with E-state index in [2.05, 4.69) is 41.5 Å². The molecule has 4 rings (SSSR count). The molecular weight excluding hydrogens is 376 g/mol. The van der Waals surface area contributed by atoms with Gasteiger partial charge in [0.2, 0.25) is 5.91 Å². The maximum absolute atomic E-state index is 13.4. The fraction of sp³-hybridized carbons (Fsp3) is 0.500. The van der Waals surface area contributed by atoms with E-state index in [9.17, 15) is 9.59 Å². The first-order valence-corrected chi connectivity index (χ1v) is 11.0. The SMILES string of the molecule is Cc1ccc(-n2c(C)ccc2C)c(C(=O)N2CCN(CC(=O)N3CCCC3)CC2)c1. The predicted molar refractivity (Wildman–Crippen MR) is 118 cm³/mol. The van der Waals surface area contributed by atoms with E-state index in [0.29, 0.717) is 19.6 Å². The van der Waals surface area contributed by atoms with E-state index in [1.165, 1.54) is 0 Å². The van der Waals surface area contributed by atoms with Crippen molar-refractivity contribution in [1.82, 2.24) is 19.3 Å². The fourth-order valence-corrected chi connectivity index (χ4v) is 4.60. The highest BCUT2D eigenvalue weighted by atomic mass is 16.2. The second-order valence-corrected chi connectivity index (χ2v) is 8.63. The molecule has 2 aliphatic heterocycles. The van der Waals surface area contributed by atoms with Crippen molar-refractivity contribution in [2.75, 3.05) is 45.8 Å². The van der Waals surface area contributed by atoms with Crippen molar-refractivity contribution in [3.05, 3.63) is 52.8 Å². The van der Waals surface area contributed by atoms with Gasteiger partial charge in [0.05, 0.1) is 17.8 Å². The van der Waals surface area contributed by atoms with E-state index in [1.54, 1.807) is 0 Å². The topological polar surface area (TPSA) is 48.8 Å². The van der Waals surface area contributed by atoms with Gasteiger partial charge in [0.1, 0.15) is 0 Å². The van der Waals surface area contributed by atoms with Crippen LogP contribution in [0.1, 0.15) is 40.2 Å². The van der Waals surface area contributed by atoms with E-state index in [1.807, 2.05) is 28.9 Å². The van der Waals surface area contributed by atoms with Crippen molar-refractivity contribution in [2.24, 2.45) is 0 Å². The van der Waals surface area contributed by atoms with Crippen molar-refractivity contribution >= 4 is 11.8 Å². The van der Waals surface area contributed by atoms with Gasteiger partial charge in [-0.25, -0.2) is 0 Å². The number of nitrogens with zero attached hydrogens (tertiary/aromatic N) is 4. The lowest BCUT2D eigenvalue weighted by Crippen LogP contribution is -2.51. The summed E-state index contributed by atoms with van der Waals surface area (Å²) in [6.07, 6.45) is 2.24. The van der Waals surface area contributed by atoms with Gasteiger partial charge in [-0.2, -0.15) is 0 Å². The maximum atomic E-state index is 13.4. The van der Waals surface area contributed by atoms with Gasteiger partial charge in [-0.1, -0.05) is 11.6 Å². The molecule has 0 unspecified atom stereocenters. The van der Waals surface area contributed by atoms with E-state index >= 15 is 0 Å². The summed E-state index contributed by atoms with van der Waals surface area (Å²) in [6, 6.07) is 10.3. The van der Waals surface area contributed by atoms with Gasteiger partial charge in [-0.15, -0.1) is 0 Å². The Hall–Kier alpha value is -2.60. The molecule has 0 N–H and O–H groups in total. The lowest BCUT2D eigenvalue weighted by molar-refractivity contribution is -0.131. The zero-order valence-electron chi connectivity index (χ0n) is 18.4. The Kier molecular flexibility index (Phi) is 5.95. The van der Waals surface area contributed by atoms with Crippen LogP contribution in [0.25, 0.3) is 5.69 Å². The van der Waals surface area contributed by atoms with Gasteiger partial charge in [-0.3, -0.25) is 14.5 Å². The highest BCUT2D eigenvalue weighted by Gasteiger charge is 2.27. The van der Waals surface area contributed by atoms with E-state index in [4.69, 9.17) is 0 Å². The van der Waals surface area contributed by atoms with Crippen LogP contribution in [0.4, 0.5) is 0 Å². The average molecular weight is 409 g/mol. The number of rotatable bonds is 4. The molecule has 30 heavy (non-hydrogen) atoms. The Labute approximate surface area is 179 Å². The fourth-order valence-electron chi connectivity index (χ4n) is 4.60. The van der Waals surface area contributed by atoms with Crippen molar-refractivity contribution < 1.29 is 9.59 Å². The molecule has 0 radical (unpaired) electrons. The predicted octanol–water partition coefficient (Wildman–Crippen LogP) is 2.78. The molecular formula is C24H32N4O2. The molecule has 2 aliphatic rings. The van der Waals surface area contributed by atoms with Crippen molar-refractivity contribution in [1.29, 1.82) is 0 Å². The molecule has 1 aromatic heterocycles. The molecule has 0 spiro atoms. The highest BCUT2D eigenvalue weighted by molar-refractivity contribution is 5.98. The Morgan fingerprint density at radius 3 is 2.07 bits per heavy atom. The Bertz CT molecular complexity index is 915. The first kappa shape index (κ1) is 20.7. The van der Waals surface area contributed by atoms with Crippen LogP contribution < -0.4 is 0 Å². The second-order valence-electron chi connectivity index (χ2n) is 8.63. The number of hydrogen-bond donors (Lipinski definition) is 0. The monoisotopic (exact) mass is 408 g/mol. The van der Waals surface area contributed by atoms with Crippen molar-refractivity contribution in [3.8, 4) is 5.69 Å². The number of likely N-dealkylation sites (tertiary alicyclic amines) is 1. The minimum atomic E-state index is 0.0757. The van der Waals surface area contributed by atoms with Crippen LogP contribution in [0.3, 0.4) is 0 Å². The van der Waals surface area contributed by atoms with Crippen molar-refractivity contribution in [3.63, 3.8) is 0 Å². The first-order chi connectivity index (χ1) is 14.4. The molecule has 6 heteroatoms. The Balaban J connectivity index is 1.46. The van der Waals surface area contributed by atoms with Gasteiger partial charge < -0.3 is 14.4 Å². The first-order valence-electron chi connectivity index (χ1n) is 11.0. The Morgan fingerprint density at radius 2 is 1.43 bits per heavy atom. The lowest BCUT2D eigenvalue weighted by atomic mass is 10.1. The van der Waals surface area contributed by atoms with Crippen LogP contribution in [-0.4, -0.2) is 76.9 Å². The minimum absolute atomic E-state index is 0.0757. The Morgan fingerprint density at radius 1 is 0.800 bits per heavy atom. The van der Waals surface area contributed by atoms with Crippen LogP contribution in [0.15, 0.2) is 30.3 Å². The minimum Gasteiger partial charge on any atom is -0.342 e. The summed E-state index contributed by atoms with van der Waals surface area (Å²) in [6.45, 7) is 11.2. The molecule has 2 amide bonds. The smallest absolute Gasteiger partial charge is 0.256 e. The van der Waals surface area contributed by atoms with Crippen LogP contribution >= 0.6 is 0 Å². The molecule has 160 valence electrons. The highest BCUT2D eigenvalue weighted by Crippen LogP contribution is 2.23. The molecule has 0 bridgehead atoms. The van der Waals surface area contributed by atoms with Gasteiger partial charge in [0, 0.05) is 50.7 Å². The zero-order chi connectivity index (χ0) is 21.3. The normalized spacial score (nSPS) is 17.6. The standard InChI is InChI=1S/C24H32N4O2/c1-18-6-9-22(28-19(2)7-8-20(28)3)21(16-18)24(30)27-14-12-25(13-15-27)17-23(29)26-10-4-5-11-26/h6-9,16H,4-5,10-15,17H2,1-3H3. The second kappa shape index (κ2) is 8.64. The summed E-state index contributed by atoms with van der Waals surface area (Å²) in [7, 11) is 0. The van der Waals surface area contributed by atoms with Crippen LogP contribution in [0.5, 0.6) is 0 Å². The van der Waals surface area contributed by atoms with Crippen LogP contribution in [-0.2, 0) is 4.79 Å². The third-order valence-electron chi connectivity index (χ3n) is 6.37. The number of carbonyl (C=O) groups is 2. The number of aromatic nitrogens is 1. The molecule has 0 aliphatic carbocycles. The summed E-state index contributed by atoms with van der Waals surface area (Å²) in [4.78, 5) is 32.0. The number of amides is 2. The summed E-state index contributed by atoms with van der Waals surface area (Å²) < 4.78 is 2.15. The maximum Gasteiger partial charge on any atom is 0.256 e. The molecule has 1 aromatic carbocycles. The largest absolute Gasteiger partial charge is 0.342 e. The third-order valence-corrected chi connectivity index (χ3v) is 6.37. The van der Waals surface area contributed by atoms with Gasteiger partial charge in [-0.05, 0) is 57.9 Å². The number of carbonyl (C=O) groups excluding carboxylic acids is 2. The molecule has 2 saturated heterocycles. The van der Waals surface area contributed by atoms with Gasteiger partial charge >= 0.3 is 0 Å². The third kappa shape index (κ3) is 4.15. The van der Waals surface area contributed by atoms with Gasteiger partial charge in [0.25, 0.3) is 5.91 Å². The quantitative estimate of drug-likeness (QED) is 0.782. The molecule has 0 atom stereocenters. The molecule has 6 nitrogen and oxygen atoms in total. The van der Waals surface area contributed by atoms with Crippen LogP contribution in [0.2, 0.25) is 0 Å². The van der Waals surface area contributed by atoms with E-state index < -0.39 is 0 Å². The van der Waals surface area contributed by atoms with Crippen LogP contribution in [0, 0.1) is 20.8 Å². The molecule has 3 heterocycles. The number of piperazine rings is 1. The summed E-state index contributed by atoms with van der Waals surface area (Å²) in [5, 5.41) is 0. The zero-order valence-corrected chi connectivity index (χ0v) is 18.4. The van der Waals surface area contributed by atoms with Gasteiger partial charge in [0.15, 0.2) is 0 Å². The van der Waals surface area contributed by atoms with Crippen molar-refractivity contribution in [2.45, 2.75) is 33.6 Å².